The summed E-state index contributed by atoms with van der Waals surface area (Å²) in [5.74, 6) is -3.81. The number of aliphatic hydroxyl groups excluding tert-OH is 1. The van der Waals surface area contributed by atoms with Crippen LogP contribution in [0.2, 0.25) is 0 Å². The molecule has 1 unspecified atom stereocenters. The van der Waals surface area contributed by atoms with Gasteiger partial charge in [0.05, 0.1) is 25.2 Å². The molecular weight excluding hydrogens is 465 g/mol. The van der Waals surface area contributed by atoms with Gasteiger partial charge >= 0.3 is 6.36 Å². The number of amides is 2. The molecule has 2 aromatic rings. The van der Waals surface area contributed by atoms with Gasteiger partial charge in [-0.3, -0.25) is 9.59 Å². The molecular formula is C17H17F3N2O7S2. The fourth-order valence-electron chi connectivity index (χ4n) is 2.24. The highest BCUT2D eigenvalue weighted by atomic mass is 32.2. The minimum Gasteiger partial charge on any atom is -0.497 e. The number of nitrogens with one attached hydrogen (secondary N) is 1. The van der Waals surface area contributed by atoms with E-state index in [1.165, 1.54) is 14.0 Å². The summed E-state index contributed by atoms with van der Waals surface area (Å²) in [6.45, 7) is 0.862. The van der Waals surface area contributed by atoms with Crippen molar-refractivity contribution in [3.05, 3.63) is 29.8 Å². The average Bonchev–Trinajstić information content (AvgIpc) is 3.10. The molecule has 2 rings (SSSR count). The molecule has 14 heteroatoms. The number of carbonyl (C=O) groups is 2. The first-order valence-corrected chi connectivity index (χ1v) is 10.6. The summed E-state index contributed by atoms with van der Waals surface area (Å²) in [6.07, 6.45) is -5.19. The first-order chi connectivity index (χ1) is 14.3. The predicted octanol–water partition coefficient (Wildman–Crippen LogP) is 2.15. The van der Waals surface area contributed by atoms with Crippen LogP contribution in [0, 0.1) is 5.92 Å². The highest BCUT2D eigenvalue weighted by molar-refractivity contribution is 7.93. The number of nitrogens with two attached hydrogens (primary N) is 1. The molecule has 0 saturated heterocycles. The smallest absolute Gasteiger partial charge is 0.497 e. The van der Waals surface area contributed by atoms with Gasteiger partial charge in [-0.15, -0.1) is 24.5 Å². The number of thiophene rings is 1. The van der Waals surface area contributed by atoms with Crippen LogP contribution in [-0.4, -0.2) is 45.4 Å². The summed E-state index contributed by atoms with van der Waals surface area (Å²) in [6, 6.07) is 3.55. The molecule has 9 nitrogen and oxygen atoms in total. The van der Waals surface area contributed by atoms with Gasteiger partial charge in [-0.05, 0) is 18.2 Å². The van der Waals surface area contributed by atoms with Gasteiger partial charge in [-0.2, -0.15) is 0 Å². The lowest BCUT2D eigenvalue weighted by Crippen LogP contribution is -2.24. The molecule has 0 radical (unpaired) electrons. The van der Waals surface area contributed by atoms with E-state index in [9.17, 15) is 31.2 Å². The standard InChI is InChI=1S/C17H17F3N2O7S2/c1-8(7-23)15(25)22-16-10(14(21)24)6-13(30-16)31(26,27)12-4-3-9(28-2)5-11(12)29-17(18,19)20/h3-6,8,23H,7H2,1-2H3,(H2,21,24)(H,22,25). The van der Waals surface area contributed by atoms with E-state index in [1.807, 2.05) is 0 Å². The van der Waals surface area contributed by atoms with Crippen molar-refractivity contribution in [1.82, 2.24) is 0 Å². The van der Waals surface area contributed by atoms with Crippen LogP contribution >= 0.6 is 11.3 Å². The minimum absolute atomic E-state index is 0.0897. The lowest BCUT2D eigenvalue weighted by molar-refractivity contribution is -0.275. The van der Waals surface area contributed by atoms with E-state index >= 15 is 0 Å². The molecule has 31 heavy (non-hydrogen) atoms. The van der Waals surface area contributed by atoms with Crippen molar-refractivity contribution in [3.63, 3.8) is 0 Å². The van der Waals surface area contributed by atoms with Crippen LogP contribution in [0.1, 0.15) is 17.3 Å². The summed E-state index contributed by atoms with van der Waals surface area (Å²) in [7, 11) is -3.47. The van der Waals surface area contributed by atoms with Crippen molar-refractivity contribution in [2.45, 2.75) is 22.4 Å². The highest BCUT2D eigenvalue weighted by Gasteiger charge is 2.36. The maximum atomic E-state index is 13.0. The molecule has 0 fully saturated rings. The zero-order valence-corrected chi connectivity index (χ0v) is 17.7. The Morgan fingerprint density at radius 3 is 2.45 bits per heavy atom. The summed E-state index contributed by atoms with van der Waals surface area (Å²) in [4.78, 5) is 22.9. The Bertz CT molecular complexity index is 1100. The molecule has 0 bridgehead atoms. The Kier molecular flexibility index (Phi) is 7.18. The summed E-state index contributed by atoms with van der Waals surface area (Å²) in [5, 5.41) is 11.1. The minimum atomic E-state index is -5.19. The van der Waals surface area contributed by atoms with Crippen LogP contribution in [0.15, 0.2) is 33.4 Å². The van der Waals surface area contributed by atoms with Crippen LogP contribution in [-0.2, 0) is 14.6 Å². The van der Waals surface area contributed by atoms with Crippen molar-refractivity contribution in [2.24, 2.45) is 11.7 Å². The SMILES string of the molecule is COc1ccc(S(=O)(=O)c2cc(C(N)=O)c(NC(=O)C(C)CO)s2)c(OC(F)(F)F)c1. The Hall–Kier alpha value is -2.84. The van der Waals surface area contributed by atoms with E-state index in [1.54, 1.807) is 0 Å². The van der Waals surface area contributed by atoms with Gasteiger partial charge < -0.3 is 25.6 Å². The van der Waals surface area contributed by atoms with Crippen LogP contribution in [0.5, 0.6) is 11.5 Å². The number of ether oxygens (including phenoxy) is 2. The number of aliphatic hydroxyl groups is 1. The zero-order valence-electron chi connectivity index (χ0n) is 16.0. The quantitative estimate of drug-likeness (QED) is 0.523. The van der Waals surface area contributed by atoms with Gasteiger partial charge in [0.1, 0.15) is 19.9 Å². The highest BCUT2D eigenvalue weighted by Crippen LogP contribution is 2.40. The zero-order chi connectivity index (χ0) is 23.6. The number of carbonyl (C=O) groups excluding carboxylic acids is 2. The molecule has 1 heterocycles. The van der Waals surface area contributed by atoms with Crippen LogP contribution in [0.4, 0.5) is 18.2 Å². The van der Waals surface area contributed by atoms with Crippen molar-refractivity contribution in [2.75, 3.05) is 19.0 Å². The number of benzene rings is 1. The van der Waals surface area contributed by atoms with Crippen LogP contribution < -0.4 is 20.5 Å². The summed E-state index contributed by atoms with van der Waals surface area (Å²) < 4.78 is 72.5. The molecule has 0 aliphatic rings. The van der Waals surface area contributed by atoms with Crippen molar-refractivity contribution < 1.29 is 45.8 Å². The maximum absolute atomic E-state index is 13.0. The van der Waals surface area contributed by atoms with Gasteiger partial charge in [0.25, 0.3) is 5.91 Å². The number of hydrogen-bond donors (Lipinski definition) is 3. The number of alkyl halides is 3. The van der Waals surface area contributed by atoms with E-state index in [-0.39, 0.29) is 16.3 Å². The number of sulfone groups is 1. The topological polar surface area (TPSA) is 145 Å². The Labute approximate surface area is 178 Å². The van der Waals surface area contributed by atoms with Gasteiger partial charge in [0.15, 0.2) is 5.75 Å². The van der Waals surface area contributed by atoms with Crippen LogP contribution in [0.25, 0.3) is 0 Å². The lowest BCUT2D eigenvalue weighted by Gasteiger charge is -2.14. The second kappa shape index (κ2) is 9.11. The molecule has 1 aromatic carbocycles. The Balaban J connectivity index is 2.59. The Morgan fingerprint density at radius 1 is 1.29 bits per heavy atom. The van der Waals surface area contributed by atoms with E-state index < -0.39 is 55.4 Å². The van der Waals surface area contributed by atoms with E-state index in [0.29, 0.717) is 11.3 Å². The number of primary amides is 1. The molecule has 0 spiro atoms. The normalized spacial score (nSPS) is 12.8. The van der Waals surface area contributed by atoms with Crippen molar-refractivity contribution in [1.29, 1.82) is 0 Å². The van der Waals surface area contributed by atoms with Crippen molar-refractivity contribution >= 4 is 38.0 Å². The third-order valence-electron chi connectivity index (χ3n) is 3.86. The Morgan fingerprint density at radius 2 is 1.94 bits per heavy atom. The second-order valence-corrected chi connectivity index (χ2v) is 9.31. The number of rotatable bonds is 8. The fraction of sp³-hybridized carbons (Fsp3) is 0.294. The van der Waals surface area contributed by atoms with E-state index in [4.69, 9.17) is 15.6 Å². The van der Waals surface area contributed by atoms with Gasteiger partial charge in [0.2, 0.25) is 15.7 Å². The lowest BCUT2D eigenvalue weighted by atomic mass is 10.2. The molecule has 2 amide bonds. The van der Waals surface area contributed by atoms with Gasteiger partial charge in [-0.25, -0.2) is 8.42 Å². The van der Waals surface area contributed by atoms with Crippen molar-refractivity contribution in [3.8, 4) is 11.5 Å². The van der Waals surface area contributed by atoms with Gasteiger partial charge in [0, 0.05) is 6.07 Å². The number of methoxy groups -OCH3 is 1. The maximum Gasteiger partial charge on any atom is 0.573 e. The second-order valence-electron chi connectivity index (χ2n) is 6.11. The van der Waals surface area contributed by atoms with Crippen LogP contribution in [0.3, 0.4) is 0 Å². The molecule has 170 valence electrons. The first kappa shape index (κ1) is 24.4. The monoisotopic (exact) mass is 482 g/mol. The number of halogens is 3. The predicted molar refractivity (Wildman–Crippen MR) is 103 cm³/mol. The van der Waals surface area contributed by atoms with E-state index in [0.717, 1.165) is 24.3 Å². The first-order valence-electron chi connectivity index (χ1n) is 8.34. The number of anilines is 1. The molecule has 0 aliphatic carbocycles. The number of hydrogen-bond acceptors (Lipinski definition) is 8. The third kappa shape index (κ3) is 5.65. The molecule has 1 atom stereocenters. The average molecular weight is 482 g/mol. The fourth-order valence-corrected chi connectivity index (χ4v) is 5.10. The molecule has 0 saturated carbocycles. The molecule has 1 aromatic heterocycles. The van der Waals surface area contributed by atoms with Gasteiger partial charge in [-0.1, -0.05) is 6.92 Å². The van der Waals surface area contributed by atoms with E-state index in [2.05, 4.69) is 10.1 Å². The largest absolute Gasteiger partial charge is 0.573 e. The molecule has 0 aliphatic heterocycles. The summed E-state index contributed by atoms with van der Waals surface area (Å²) >= 11 is 0.412. The third-order valence-corrected chi connectivity index (χ3v) is 7.18. The summed E-state index contributed by atoms with van der Waals surface area (Å²) in [5.41, 5.74) is 4.86. The molecule has 4 N–H and O–H groups in total.